The third kappa shape index (κ3) is 3.79. The number of rotatable bonds is 4. The van der Waals surface area contributed by atoms with Crippen LogP contribution in [0.15, 0.2) is 53.6 Å². The Labute approximate surface area is 156 Å². The zero-order valence-electron chi connectivity index (χ0n) is 14.9. The molecule has 3 aromatic rings. The van der Waals surface area contributed by atoms with Crippen LogP contribution >= 0.6 is 0 Å². The Kier molecular flexibility index (Phi) is 4.78. The summed E-state index contributed by atoms with van der Waals surface area (Å²) >= 11 is 0. The van der Waals surface area contributed by atoms with Crippen molar-refractivity contribution in [3.63, 3.8) is 0 Å². The van der Waals surface area contributed by atoms with Crippen LogP contribution in [0.3, 0.4) is 0 Å². The Morgan fingerprint density at radius 3 is 2.67 bits per heavy atom. The number of pyridine rings is 1. The van der Waals surface area contributed by atoms with Crippen LogP contribution in [-0.4, -0.2) is 21.1 Å². The molecule has 0 saturated heterocycles. The molecule has 0 radical (unpaired) electrons. The summed E-state index contributed by atoms with van der Waals surface area (Å²) in [6, 6.07) is 11.1. The van der Waals surface area contributed by atoms with Crippen LogP contribution < -0.4 is 10.9 Å². The zero-order chi connectivity index (χ0) is 18.6. The molecule has 6 nitrogen and oxygen atoms in total. The van der Waals surface area contributed by atoms with Crippen molar-refractivity contribution in [3.8, 4) is 0 Å². The van der Waals surface area contributed by atoms with Crippen molar-refractivity contribution < 1.29 is 4.79 Å². The Balaban J connectivity index is 1.55. The van der Waals surface area contributed by atoms with Crippen molar-refractivity contribution in [2.24, 2.45) is 0 Å². The summed E-state index contributed by atoms with van der Waals surface area (Å²) in [4.78, 5) is 28.3. The fourth-order valence-corrected chi connectivity index (χ4v) is 3.53. The van der Waals surface area contributed by atoms with Crippen molar-refractivity contribution in [2.75, 3.05) is 5.32 Å². The Hall–Kier alpha value is -3.28. The molecule has 0 aliphatic heterocycles. The molecule has 6 heteroatoms. The first-order valence-electron chi connectivity index (χ1n) is 9.10. The lowest BCUT2D eigenvalue weighted by Gasteiger charge is -2.17. The molecule has 0 atom stereocenters. The number of hydrogen-bond acceptors (Lipinski definition) is 4. The van der Waals surface area contributed by atoms with E-state index in [1.165, 1.54) is 0 Å². The van der Waals surface area contributed by atoms with Gasteiger partial charge in [0.25, 0.3) is 11.5 Å². The van der Waals surface area contributed by atoms with Gasteiger partial charge in [0.05, 0.1) is 5.69 Å². The average molecular weight is 360 g/mol. The molecule has 0 bridgehead atoms. The monoisotopic (exact) mass is 360 g/mol. The van der Waals surface area contributed by atoms with Crippen LogP contribution in [0.1, 0.15) is 45.6 Å². The Morgan fingerprint density at radius 1 is 1.07 bits per heavy atom. The summed E-state index contributed by atoms with van der Waals surface area (Å²) in [6.07, 6.45) is 7.68. The third-order valence-electron chi connectivity index (χ3n) is 4.88. The predicted molar refractivity (Wildman–Crippen MR) is 103 cm³/mol. The molecule has 0 saturated carbocycles. The number of carbonyl (C=O) groups excluding carboxylic acids is 1. The molecule has 1 aliphatic rings. The number of aromatic amines is 1. The number of aromatic nitrogens is 3. The molecule has 27 heavy (non-hydrogen) atoms. The average Bonchev–Trinajstić information content (AvgIpc) is 2.71. The molecule has 136 valence electrons. The van der Waals surface area contributed by atoms with Gasteiger partial charge in [0.15, 0.2) is 0 Å². The van der Waals surface area contributed by atoms with E-state index in [2.05, 4.69) is 20.5 Å². The number of H-pyrrole nitrogens is 1. The second-order valence-electron chi connectivity index (χ2n) is 6.73. The highest BCUT2D eigenvalue weighted by Crippen LogP contribution is 2.23. The van der Waals surface area contributed by atoms with E-state index in [1.54, 1.807) is 24.5 Å². The van der Waals surface area contributed by atoms with E-state index in [4.69, 9.17) is 0 Å². The summed E-state index contributed by atoms with van der Waals surface area (Å²) in [6.45, 7) is 0. The Morgan fingerprint density at radius 2 is 1.85 bits per heavy atom. The molecule has 1 amide bonds. The van der Waals surface area contributed by atoms with Gasteiger partial charge >= 0.3 is 0 Å². The van der Waals surface area contributed by atoms with Crippen LogP contribution in [0.2, 0.25) is 0 Å². The predicted octanol–water partition coefficient (Wildman–Crippen LogP) is 2.89. The first-order valence-corrected chi connectivity index (χ1v) is 9.10. The second kappa shape index (κ2) is 7.53. The van der Waals surface area contributed by atoms with E-state index in [9.17, 15) is 9.59 Å². The molecular formula is C21H20N4O2. The number of fused-ring (bicyclic) bond motifs is 1. The van der Waals surface area contributed by atoms with Gasteiger partial charge < -0.3 is 5.32 Å². The maximum Gasteiger partial charge on any atom is 0.267 e. The Bertz CT molecular complexity index is 1030. The van der Waals surface area contributed by atoms with E-state index in [0.29, 0.717) is 12.0 Å². The van der Waals surface area contributed by atoms with Gasteiger partial charge in [-0.1, -0.05) is 12.1 Å². The van der Waals surface area contributed by atoms with E-state index in [-0.39, 0.29) is 11.5 Å². The van der Waals surface area contributed by atoms with E-state index >= 15 is 0 Å². The maximum atomic E-state index is 12.3. The van der Waals surface area contributed by atoms with Crippen molar-refractivity contribution >= 4 is 11.6 Å². The summed E-state index contributed by atoms with van der Waals surface area (Å²) in [7, 11) is 0. The van der Waals surface area contributed by atoms with Crippen LogP contribution in [0.5, 0.6) is 0 Å². The van der Waals surface area contributed by atoms with Crippen LogP contribution in [0.25, 0.3) is 0 Å². The lowest BCUT2D eigenvalue weighted by Crippen LogP contribution is -2.23. The number of benzene rings is 1. The largest absolute Gasteiger partial charge is 0.322 e. The van der Waals surface area contributed by atoms with Gasteiger partial charge in [-0.2, -0.15) is 5.10 Å². The van der Waals surface area contributed by atoms with Crippen molar-refractivity contribution in [2.45, 2.75) is 32.1 Å². The van der Waals surface area contributed by atoms with Gasteiger partial charge in [-0.05, 0) is 61.1 Å². The molecule has 0 unspecified atom stereocenters. The van der Waals surface area contributed by atoms with E-state index in [0.717, 1.165) is 53.8 Å². The van der Waals surface area contributed by atoms with Crippen LogP contribution in [0, 0.1) is 0 Å². The molecular weight excluding hydrogens is 340 g/mol. The van der Waals surface area contributed by atoms with Crippen LogP contribution in [0.4, 0.5) is 5.69 Å². The maximum absolute atomic E-state index is 12.3. The van der Waals surface area contributed by atoms with Gasteiger partial charge in [0.1, 0.15) is 0 Å². The third-order valence-corrected chi connectivity index (χ3v) is 4.88. The molecule has 1 aliphatic carbocycles. The van der Waals surface area contributed by atoms with Gasteiger partial charge in [-0.15, -0.1) is 0 Å². The first-order chi connectivity index (χ1) is 13.2. The highest BCUT2D eigenvalue weighted by molar-refractivity contribution is 6.04. The number of nitrogens with zero attached hydrogens (tertiary/aromatic N) is 2. The number of amides is 1. The van der Waals surface area contributed by atoms with Gasteiger partial charge in [-0.25, -0.2) is 5.10 Å². The zero-order valence-corrected chi connectivity index (χ0v) is 14.9. The lowest BCUT2D eigenvalue weighted by atomic mass is 9.90. The molecule has 0 spiro atoms. The van der Waals surface area contributed by atoms with Crippen LogP contribution in [-0.2, 0) is 19.3 Å². The molecule has 4 rings (SSSR count). The van der Waals surface area contributed by atoms with E-state index < -0.39 is 0 Å². The number of nitrogens with one attached hydrogen (secondary N) is 2. The minimum atomic E-state index is -0.172. The highest BCUT2D eigenvalue weighted by Gasteiger charge is 2.18. The number of hydrogen-bond donors (Lipinski definition) is 2. The number of anilines is 1. The highest BCUT2D eigenvalue weighted by atomic mass is 16.1. The molecule has 0 fully saturated rings. The van der Waals surface area contributed by atoms with Crippen molar-refractivity contribution in [3.05, 3.63) is 87.1 Å². The standard InChI is InChI=1S/C21H20N4O2/c26-20(15-8-10-22-11-9-15)23-16-5-3-4-14(12-16)13-19-17-6-1-2-7-18(17)21(27)25-24-19/h3-5,8-12H,1-2,6-7,13H2,(H,23,26)(H,25,27). The molecule has 2 aromatic heterocycles. The minimum Gasteiger partial charge on any atom is -0.322 e. The van der Waals surface area contributed by atoms with Gasteiger partial charge in [0, 0.05) is 35.6 Å². The van der Waals surface area contributed by atoms with E-state index in [1.807, 2.05) is 24.3 Å². The summed E-state index contributed by atoms with van der Waals surface area (Å²) < 4.78 is 0. The summed E-state index contributed by atoms with van der Waals surface area (Å²) in [5, 5.41) is 9.84. The number of carbonyl (C=O) groups is 1. The SMILES string of the molecule is O=C(Nc1cccc(Cc2n[nH]c(=O)c3c2CCCC3)c1)c1ccncc1. The van der Waals surface area contributed by atoms with Gasteiger partial charge in [-0.3, -0.25) is 14.6 Å². The topological polar surface area (TPSA) is 87.7 Å². The molecule has 2 N–H and O–H groups in total. The smallest absolute Gasteiger partial charge is 0.267 e. The fraction of sp³-hybridized carbons (Fsp3) is 0.238. The second-order valence-corrected chi connectivity index (χ2v) is 6.73. The normalized spacial score (nSPS) is 13.0. The minimum absolute atomic E-state index is 0.0631. The summed E-state index contributed by atoms with van der Waals surface area (Å²) in [5.41, 5.74) is 5.16. The fourth-order valence-electron chi connectivity index (χ4n) is 3.53. The molecule has 2 heterocycles. The quantitative estimate of drug-likeness (QED) is 0.749. The van der Waals surface area contributed by atoms with Crippen molar-refractivity contribution in [1.82, 2.24) is 15.2 Å². The molecule has 1 aromatic carbocycles. The van der Waals surface area contributed by atoms with Crippen molar-refractivity contribution in [1.29, 1.82) is 0 Å². The summed E-state index contributed by atoms with van der Waals surface area (Å²) in [5.74, 6) is -0.172. The lowest BCUT2D eigenvalue weighted by molar-refractivity contribution is 0.102. The first kappa shape index (κ1) is 17.1. The van der Waals surface area contributed by atoms with Gasteiger partial charge in [0.2, 0.25) is 0 Å².